The fourth-order valence-corrected chi connectivity index (χ4v) is 4.89. The molecule has 0 radical (unpaired) electrons. The van der Waals surface area contributed by atoms with Gasteiger partial charge in [-0.1, -0.05) is 60.7 Å². The van der Waals surface area contributed by atoms with E-state index in [2.05, 4.69) is 0 Å². The van der Waals surface area contributed by atoms with Gasteiger partial charge in [-0.2, -0.15) is 4.31 Å². The van der Waals surface area contributed by atoms with Crippen LogP contribution in [0.1, 0.15) is 11.1 Å². The van der Waals surface area contributed by atoms with Gasteiger partial charge in [-0.25, -0.2) is 18.1 Å². The van der Waals surface area contributed by atoms with Crippen LogP contribution >= 0.6 is 0 Å². The first-order valence-electron chi connectivity index (χ1n) is 10.5. The molecule has 2 heterocycles. The van der Waals surface area contributed by atoms with Gasteiger partial charge in [0.15, 0.2) is 0 Å². The van der Waals surface area contributed by atoms with Crippen molar-refractivity contribution in [3.05, 3.63) is 77.2 Å². The molecule has 33 heavy (non-hydrogen) atoms. The molecule has 2 aromatic carbocycles. The minimum Gasteiger partial charge on any atom is -0.283 e. The standard InChI is InChI=1S/C23H24N4O5S/c28-21-22(29)27(23(30)26(21)17-20-9-5-2-6-10-20)18-24-12-14-25(15-13-24)33(31,32)16-11-19-7-3-1-4-8-19/h1-11,16H,12-15,17-18H2/b16-11+. The summed E-state index contributed by atoms with van der Waals surface area (Å²) in [6.07, 6.45) is 1.55. The molecule has 0 spiro atoms. The molecule has 0 aromatic heterocycles. The smallest absolute Gasteiger partial charge is 0.283 e. The predicted octanol–water partition coefficient (Wildman–Crippen LogP) is 1.55. The van der Waals surface area contributed by atoms with Gasteiger partial charge in [-0.3, -0.25) is 19.4 Å². The molecule has 10 heteroatoms. The molecule has 2 saturated heterocycles. The minimum absolute atomic E-state index is 0.0283. The lowest BCUT2D eigenvalue weighted by Gasteiger charge is -2.34. The van der Waals surface area contributed by atoms with Crippen LogP contribution in [0.4, 0.5) is 4.79 Å². The number of amides is 4. The van der Waals surface area contributed by atoms with Gasteiger partial charge in [-0.05, 0) is 17.2 Å². The number of carbonyl (C=O) groups is 3. The van der Waals surface area contributed by atoms with Crippen LogP contribution in [0.15, 0.2) is 66.1 Å². The Morgan fingerprint density at radius 2 is 1.33 bits per heavy atom. The quantitative estimate of drug-likeness (QED) is 0.452. The van der Waals surface area contributed by atoms with Crippen LogP contribution < -0.4 is 0 Å². The molecule has 0 saturated carbocycles. The second-order valence-corrected chi connectivity index (χ2v) is 9.63. The summed E-state index contributed by atoms with van der Waals surface area (Å²) in [5, 5.41) is 1.19. The maximum Gasteiger partial charge on any atom is 0.335 e. The first-order valence-corrected chi connectivity index (χ1v) is 12.0. The van der Waals surface area contributed by atoms with Gasteiger partial charge < -0.3 is 0 Å². The van der Waals surface area contributed by atoms with E-state index in [0.717, 1.165) is 20.9 Å². The van der Waals surface area contributed by atoms with Crippen molar-refractivity contribution >= 4 is 33.9 Å². The van der Waals surface area contributed by atoms with Crippen molar-refractivity contribution in [2.45, 2.75) is 6.54 Å². The van der Waals surface area contributed by atoms with Gasteiger partial charge in [-0.15, -0.1) is 0 Å². The summed E-state index contributed by atoms with van der Waals surface area (Å²) in [6.45, 7) is 1.09. The molecular formula is C23H24N4O5S. The van der Waals surface area contributed by atoms with Crippen LogP contribution in [0.5, 0.6) is 0 Å². The lowest BCUT2D eigenvalue weighted by Crippen LogP contribution is -2.52. The van der Waals surface area contributed by atoms with Gasteiger partial charge >= 0.3 is 17.8 Å². The van der Waals surface area contributed by atoms with Crippen molar-refractivity contribution in [2.24, 2.45) is 0 Å². The molecule has 2 aliphatic rings. The van der Waals surface area contributed by atoms with E-state index in [4.69, 9.17) is 0 Å². The number of piperazine rings is 1. The zero-order valence-electron chi connectivity index (χ0n) is 17.9. The number of urea groups is 1. The number of benzene rings is 2. The highest BCUT2D eigenvalue weighted by atomic mass is 32.2. The number of nitrogens with zero attached hydrogens (tertiary/aromatic N) is 4. The molecule has 2 aromatic rings. The Kier molecular flexibility index (Phi) is 6.68. The third kappa shape index (κ3) is 5.19. The fraction of sp³-hybridized carbons (Fsp3) is 0.261. The highest BCUT2D eigenvalue weighted by Gasteiger charge is 2.45. The Balaban J connectivity index is 1.34. The maximum atomic E-state index is 12.7. The molecule has 0 atom stereocenters. The maximum absolute atomic E-state index is 12.7. The largest absolute Gasteiger partial charge is 0.335 e. The Bertz CT molecular complexity index is 1160. The predicted molar refractivity (Wildman–Crippen MR) is 122 cm³/mol. The Hall–Kier alpha value is -3.34. The van der Waals surface area contributed by atoms with Crippen molar-refractivity contribution in [1.29, 1.82) is 0 Å². The molecule has 2 fully saturated rings. The second-order valence-electron chi connectivity index (χ2n) is 7.81. The Morgan fingerprint density at radius 1 is 0.758 bits per heavy atom. The van der Waals surface area contributed by atoms with Crippen LogP contribution in [0.25, 0.3) is 6.08 Å². The number of imide groups is 2. The van der Waals surface area contributed by atoms with E-state index in [1.807, 2.05) is 36.4 Å². The van der Waals surface area contributed by atoms with Crippen molar-refractivity contribution in [3.63, 3.8) is 0 Å². The first kappa shape index (κ1) is 22.8. The zero-order chi connectivity index (χ0) is 23.4. The van der Waals surface area contributed by atoms with Crippen molar-refractivity contribution < 1.29 is 22.8 Å². The molecule has 172 valence electrons. The minimum atomic E-state index is -3.59. The van der Waals surface area contributed by atoms with E-state index in [-0.39, 0.29) is 26.3 Å². The van der Waals surface area contributed by atoms with E-state index >= 15 is 0 Å². The van der Waals surface area contributed by atoms with Crippen LogP contribution in [0.2, 0.25) is 0 Å². The summed E-state index contributed by atoms with van der Waals surface area (Å²) in [4.78, 5) is 41.1. The average Bonchev–Trinajstić information content (AvgIpc) is 3.03. The summed E-state index contributed by atoms with van der Waals surface area (Å²) >= 11 is 0. The molecule has 9 nitrogen and oxygen atoms in total. The number of carbonyl (C=O) groups excluding carboxylic acids is 3. The summed E-state index contributed by atoms with van der Waals surface area (Å²) in [6, 6.07) is 17.5. The monoisotopic (exact) mass is 468 g/mol. The Labute approximate surface area is 192 Å². The van der Waals surface area contributed by atoms with E-state index in [0.29, 0.717) is 13.1 Å². The molecule has 0 unspecified atom stereocenters. The number of hydrogen-bond donors (Lipinski definition) is 0. The van der Waals surface area contributed by atoms with Crippen LogP contribution in [-0.2, 0) is 26.2 Å². The number of rotatable bonds is 7. The lowest BCUT2D eigenvalue weighted by atomic mass is 10.2. The lowest BCUT2D eigenvalue weighted by molar-refractivity contribution is -0.144. The number of sulfonamides is 1. The SMILES string of the molecule is O=C1C(=O)N(CN2CCN(S(=O)(=O)/C=C/c3ccccc3)CC2)C(=O)N1Cc1ccccc1. The topological polar surface area (TPSA) is 98.3 Å². The van der Waals surface area contributed by atoms with Gasteiger partial charge in [0.25, 0.3) is 0 Å². The Morgan fingerprint density at radius 3 is 1.97 bits per heavy atom. The normalized spacial score (nSPS) is 18.6. The van der Waals surface area contributed by atoms with Crippen LogP contribution in [0, 0.1) is 0 Å². The van der Waals surface area contributed by atoms with Gasteiger partial charge in [0.05, 0.1) is 13.2 Å². The van der Waals surface area contributed by atoms with E-state index in [1.165, 1.54) is 9.71 Å². The second kappa shape index (κ2) is 9.65. The highest BCUT2D eigenvalue weighted by Crippen LogP contribution is 2.18. The summed E-state index contributed by atoms with van der Waals surface area (Å²) in [5.41, 5.74) is 1.53. The van der Waals surface area contributed by atoms with E-state index < -0.39 is 27.9 Å². The van der Waals surface area contributed by atoms with E-state index in [1.54, 1.807) is 35.2 Å². The van der Waals surface area contributed by atoms with Crippen LogP contribution in [0.3, 0.4) is 0 Å². The molecule has 2 aliphatic heterocycles. The molecule has 0 N–H and O–H groups in total. The first-order chi connectivity index (χ1) is 15.8. The highest BCUT2D eigenvalue weighted by molar-refractivity contribution is 7.92. The van der Waals surface area contributed by atoms with Gasteiger partial charge in [0.2, 0.25) is 10.0 Å². The number of hydrogen-bond acceptors (Lipinski definition) is 6. The van der Waals surface area contributed by atoms with Crippen molar-refractivity contribution in [2.75, 3.05) is 32.8 Å². The fourth-order valence-electron chi connectivity index (χ4n) is 3.72. The van der Waals surface area contributed by atoms with Gasteiger partial charge in [0, 0.05) is 31.6 Å². The zero-order valence-corrected chi connectivity index (χ0v) is 18.7. The molecule has 0 bridgehead atoms. The van der Waals surface area contributed by atoms with Crippen molar-refractivity contribution in [1.82, 2.24) is 19.0 Å². The summed E-state index contributed by atoms with van der Waals surface area (Å²) in [7, 11) is -3.59. The molecular weight excluding hydrogens is 444 g/mol. The van der Waals surface area contributed by atoms with Crippen molar-refractivity contribution in [3.8, 4) is 0 Å². The summed E-state index contributed by atoms with van der Waals surface area (Å²) < 4.78 is 26.6. The molecule has 4 rings (SSSR count). The third-order valence-electron chi connectivity index (χ3n) is 5.58. The van der Waals surface area contributed by atoms with Gasteiger partial charge in [0.1, 0.15) is 0 Å². The molecule has 0 aliphatic carbocycles. The average molecular weight is 469 g/mol. The van der Waals surface area contributed by atoms with E-state index in [9.17, 15) is 22.8 Å². The van der Waals surface area contributed by atoms with Crippen LogP contribution in [-0.4, -0.2) is 78.1 Å². The summed E-state index contributed by atoms with van der Waals surface area (Å²) in [5.74, 6) is -1.71. The molecule has 4 amide bonds. The third-order valence-corrected chi connectivity index (χ3v) is 7.15.